The number of rotatable bonds is 6. The van der Waals surface area contributed by atoms with Crippen LogP contribution < -0.4 is 10.1 Å². The Kier molecular flexibility index (Phi) is 5.78. The topological polar surface area (TPSA) is 108 Å². The number of amides is 1. The summed E-state index contributed by atoms with van der Waals surface area (Å²) in [6, 6.07) is 5.82. The first-order valence-corrected chi connectivity index (χ1v) is 7.05. The fourth-order valence-electron chi connectivity index (χ4n) is 1.97. The minimum absolute atomic E-state index is 0.131. The molecule has 10 heteroatoms. The highest BCUT2D eigenvalue weighted by Gasteiger charge is 2.18. The Morgan fingerprint density at radius 1 is 1.15 bits per heavy atom. The minimum Gasteiger partial charge on any atom is -0.496 e. The highest BCUT2D eigenvalue weighted by Crippen LogP contribution is 2.28. The molecular formula is C16H12F2N2O6. The average Bonchev–Trinajstić information content (AvgIpc) is 2.59. The number of methoxy groups -OCH3 is 1. The molecule has 0 aliphatic rings. The van der Waals surface area contributed by atoms with E-state index in [1.807, 2.05) is 0 Å². The van der Waals surface area contributed by atoms with E-state index in [4.69, 9.17) is 4.74 Å². The Labute approximate surface area is 145 Å². The number of nitrogens with one attached hydrogen (secondary N) is 1. The number of nitrogens with zero attached hydrogens (tertiary/aromatic N) is 1. The van der Waals surface area contributed by atoms with Gasteiger partial charge in [-0.1, -0.05) is 0 Å². The molecule has 0 unspecified atom stereocenters. The van der Waals surface area contributed by atoms with Gasteiger partial charge in [-0.05, 0) is 24.3 Å². The zero-order valence-electron chi connectivity index (χ0n) is 13.3. The fourth-order valence-corrected chi connectivity index (χ4v) is 1.97. The monoisotopic (exact) mass is 366 g/mol. The highest BCUT2D eigenvalue weighted by molar-refractivity contribution is 5.96. The molecule has 0 aromatic heterocycles. The zero-order valence-corrected chi connectivity index (χ0v) is 13.3. The van der Waals surface area contributed by atoms with Crippen molar-refractivity contribution in [2.24, 2.45) is 0 Å². The number of benzene rings is 2. The summed E-state index contributed by atoms with van der Waals surface area (Å²) >= 11 is 0. The number of halogens is 2. The van der Waals surface area contributed by atoms with Crippen molar-refractivity contribution >= 4 is 23.3 Å². The third-order valence-corrected chi connectivity index (χ3v) is 3.11. The lowest BCUT2D eigenvalue weighted by Gasteiger charge is -2.08. The van der Waals surface area contributed by atoms with E-state index in [9.17, 15) is 28.5 Å². The summed E-state index contributed by atoms with van der Waals surface area (Å²) in [7, 11) is 1.33. The lowest BCUT2D eigenvalue weighted by molar-refractivity contribution is -0.384. The maximum atomic E-state index is 13.1. The number of ether oxygens (including phenoxy) is 2. The molecule has 1 N–H and O–H groups in total. The number of hydrogen-bond acceptors (Lipinski definition) is 6. The van der Waals surface area contributed by atoms with Gasteiger partial charge in [-0.25, -0.2) is 13.6 Å². The van der Waals surface area contributed by atoms with Gasteiger partial charge in [0.1, 0.15) is 23.1 Å². The van der Waals surface area contributed by atoms with Crippen LogP contribution in [0.5, 0.6) is 5.75 Å². The summed E-state index contributed by atoms with van der Waals surface area (Å²) in [5, 5.41) is 13.2. The Morgan fingerprint density at radius 2 is 1.81 bits per heavy atom. The van der Waals surface area contributed by atoms with Crippen LogP contribution in [0.1, 0.15) is 10.4 Å². The van der Waals surface area contributed by atoms with E-state index in [1.54, 1.807) is 0 Å². The predicted octanol–water partition coefficient (Wildman–Crippen LogP) is 2.68. The average molecular weight is 366 g/mol. The van der Waals surface area contributed by atoms with Gasteiger partial charge < -0.3 is 14.8 Å². The Bertz CT molecular complexity index is 852. The molecule has 0 spiro atoms. The molecule has 2 aromatic carbocycles. The van der Waals surface area contributed by atoms with Gasteiger partial charge in [-0.3, -0.25) is 14.9 Å². The second-order valence-corrected chi connectivity index (χ2v) is 4.92. The smallest absolute Gasteiger partial charge is 0.338 e. The predicted molar refractivity (Wildman–Crippen MR) is 84.9 cm³/mol. The molecule has 0 saturated carbocycles. The molecule has 8 nitrogen and oxygen atoms in total. The van der Waals surface area contributed by atoms with Crippen LogP contribution in [0.3, 0.4) is 0 Å². The van der Waals surface area contributed by atoms with Gasteiger partial charge in [0.15, 0.2) is 6.61 Å². The first kappa shape index (κ1) is 18.8. The Morgan fingerprint density at radius 3 is 2.38 bits per heavy atom. The Balaban J connectivity index is 2.03. The molecule has 0 bridgehead atoms. The number of nitro groups is 1. The van der Waals surface area contributed by atoms with Crippen LogP contribution in [-0.4, -0.2) is 30.5 Å². The summed E-state index contributed by atoms with van der Waals surface area (Å²) in [6.07, 6.45) is 0. The zero-order chi connectivity index (χ0) is 19.3. The van der Waals surface area contributed by atoms with Crippen molar-refractivity contribution in [3.05, 3.63) is 63.7 Å². The van der Waals surface area contributed by atoms with E-state index < -0.39 is 46.3 Å². The lowest BCUT2D eigenvalue weighted by atomic mass is 10.2. The molecule has 0 fully saturated rings. The quantitative estimate of drug-likeness (QED) is 0.478. The molecule has 2 rings (SSSR count). The molecule has 1 amide bonds. The fraction of sp³-hybridized carbons (Fsp3) is 0.125. The molecule has 0 radical (unpaired) electrons. The van der Waals surface area contributed by atoms with Gasteiger partial charge in [0, 0.05) is 6.07 Å². The van der Waals surface area contributed by atoms with Crippen LogP contribution in [-0.2, 0) is 9.53 Å². The van der Waals surface area contributed by atoms with E-state index in [2.05, 4.69) is 10.1 Å². The largest absolute Gasteiger partial charge is 0.496 e. The molecule has 26 heavy (non-hydrogen) atoms. The van der Waals surface area contributed by atoms with Crippen molar-refractivity contribution in [1.82, 2.24) is 0 Å². The highest BCUT2D eigenvalue weighted by atomic mass is 19.1. The number of anilines is 1. The normalized spacial score (nSPS) is 10.1. The lowest BCUT2D eigenvalue weighted by Crippen LogP contribution is -2.21. The molecule has 2 aromatic rings. The number of carbonyl (C=O) groups excluding carboxylic acids is 2. The second kappa shape index (κ2) is 8.01. The van der Waals surface area contributed by atoms with Crippen molar-refractivity contribution in [2.45, 2.75) is 0 Å². The maximum absolute atomic E-state index is 13.1. The van der Waals surface area contributed by atoms with Crippen molar-refractivity contribution in [2.75, 3.05) is 19.0 Å². The summed E-state index contributed by atoms with van der Waals surface area (Å²) in [5.41, 5.74) is -0.962. The summed E-state index contributed by atoms with van der Waals surface area (Å²) in [6.45, 7) is -0.805. The van der Waals surface area contributed by atoms with Crippen LogP contribution in [0.15, 0.2) is 36.4 Å². The van der Waals surface area contributed by atoms with E-state index in [0.717, 1.165) is 18.2 Å². The van der Waals surface area contributed by atoms with Crippen molar-refractivity contribution in [3.8, 4) is 5.75 Å². The van der Waals surface area contributed by atoms with Crippen molar-refractivity contribution < 1.29 is 32.8 Å². The van der Waals surface area contributed by atoms with Crippen molar-refractivity contribution in [3.63, 3.8) is 0 Å². The first-order chi connectivity index (χ1) is 12.3. The molecular weight excluding hydrogens is 354 g/mol. The number of hydrogen-bond donors (Lipinski definition) is 1. The van der Waals surface area contributed by atoms with Crippen molar-refractivity contribution in [1.29, 1.82) is 0 Å². The Hall–Kier alpha value is -3.56. The van der Waals surface area contributed by atoms with Gasteiger partial charge >= 0.3 is 5.97 Å². The standard InChI is InChI=1S/C16H12F2N2O6/c1-25-12-2-3-13(14(7-12)20(23)24)19-15(21)8-26-16(22)9-4-10(17)6-11(18)5-9/h2-7H,8H2,1H3,(H,19,21). The van der Waals surface area contributed by atoms with Crippen LogP contribution in [0, 0.1) is 21.7 Å². The number of nitro benzene ring substituents is 1. The van der Waals surface area contributed by atoms with Gasteiger partial charge in [0.25, 0.3) is 11.6 Å². The van der Waals surface area contributed by atoms with Crippen LogP contribution in [0.4, 0.5) is 20.2 Å². The SMILES string of the molecule is COc1ccc(NC(=O)COC(=O)c2cc(F)cc(F)c2)c([N+](=O)[O-])c1. The number of esters is 1. The van der Waals surface area contributed by atoms with Crippen LogP contribution in [0.2, 0.25) is 0 Å². The third kappa shape index (κ3) is 4.72. The molecule has 0 saturated heterocycles. The molecule has 136 valence electrons. The van der Waals surface area contributed by atoms with E-state index in [1.165, 1.54) is 19.2 Å². The van der Waals surface area contributed by atoms with Gasteiger partial charge in [-0.2, -0.15) is 0 Å². The first-order valence-electron chi connectivity index (χ1n) is 7.05. The van der Waals surface area contributed by atoms with Crippen LogP contribution >= 0.6 is 0 Å². The summed E-state index contributed by atoms with van der Waals surface area (Å²) in [4.78, 5) is 33.8. The molecule has 0 heterocycles. The van der Waals surface area contributed by atoms with E-state index in [-0.39, 0.29) is 11.4 Å². The van der Waals surface area contributed by atoms with E-state index in [0.29, 0.717) is 6.07 Å². The van der Waals surface area contributed by atoms with Gasteiger partial charge in [0.2, 0.25) is 0 Å². The maximum Gasteiger partial charge on any atom is 0.338 e. The summed E-state index contributed by atoms with van der Waals surface area (Å²) < 4.78 is 35.6. The number of carbonyl (C=O) groups is 2. The molecule has 0 atom stereocenters. The third-order valence-electron chi connectivity index (χ3n) is 3.11. The molecule has 0 aliphatic heterocycles. The van der Waals surface area contributed by atoms with E-state index >= 15 is 0 Å². The summed E-state index contributed by atoms with van der Waals surface area (Å²) in [5.74, 6) is -3.73. The second-order valence-electron chi connectivity index (χ2n) is 4.92. The minimum atomic E-state index is -1.12. The van der Waals surface area contributed by atoms with Gasteiger partial charge in [-0.15, -0.1) is 0 Å². The molecule has 0 aliphatic carbocycles. The van der Waals surface area contributed by atoms with Crippen LogP contribution in [0.25, 0.3) is 0 Å². The van der Waals surface area contributed by atoms with Gasteiger partial charge in [0.05, 0.1) is 23.7 Å².